The van der Waals surface area contributed by atoms with Crippen LogP contribution in [0.3, 0.4) is 0 Å². The quantitative estimate of drug-likeness (QED) is 0.562. The molecule has 4 amide bonds. The molecule has 0 spiro atoms. The van der Waals surface area contributed by atoms with E-state index >= 15 is 0 Å². The van der Waals surface area contributed by atoms with E-state index in [2.05, 4.69) is 29.2 Å². The molecule has 0 aromatic heterocycles. The highest BCUT2D eigenvalue weighted by atomic mass is 16.2. The van der Waals surface area contributed by atoms with E-state index in [0.717, 1.165) is 33.4 Å². The van der Waals surface area contributed by atoms with Crippen LogP contribution >= 0.6 is 0 Å². The number of nitrogens with one attached hydrogen (secondary N) is 1. The number of quaternary nitrogens is 1. The number of benzene rings is 1. The fourth-order valence-electron chi connectivity index (χ4n) is 3.87. The van der Waals surface area contributed by atoms with E-state index in [1.807, 2.05) is 20.9 Å². The number of rotatable bonds is 7. The van der Waals surface area contributed by atoms with Gasteiger partial charge in [-0.25, -0.2) is 9.69 Å². The van der Waals surface area contributed by atoms with Crippen LogP contribution < -0.4 is 9.80 Å². The van der Waals surface area contributed by atoms with Gasteiger partial charge in [0, 0.05) is 30.9 Å². The summed E-state index contributed by atoms with van der Waals surface area (Å²) in [4.78, 5) is 42.3. The Bertz CT molecular complexity index is 726. The predicted octanol–water partition coefficient (Wildman–Crippen LogP) is 1.10. The summed E-state index contributed by atoms with van der Waals surface area (Å²) in [7, 11) is 1.93. The monoisotopic (exact) mass is 387 g/mol. The first-order valence-corrected chi connectivity index (χ1v) is 10.2. The minimum absolute atomic E-state index is 0.129. The number of hydrogen-bond acceptors (Lipinski definition) is 4. The van der Waals surface area contributed by atoms with Crippen LogP contribution in [0.5, 0.6) is 0 Å². The molecule has 0 bridgehead atoms. The Morgan fingerprint density at radius 3 is 2.14 bits per heavy atom. The number of piperidine rings is 1. The van der Waals surface area contributed by atoms with E-state index in [-0.39, 0.29) is 19.1 Å². The number of carbonyl (C=O) groups is 3. The molecule has 7 nitrogen and oxygen atoms in total. The SMILES string of the molecule is CC(C)CN1C(=O)C(=O)N(C[NH+](C)Cc2ccc(N3CCCCC3)cc2)C1=O. The third-order valence-corrected chi connectivity index (χ3v) is 5.27. The van der Waals surface area contributed by atoms with Gasteiger partial charge in [0.15, 0.2) is 6.67 Å². The van der Waals surface area contributed by atoms with Crippen molar-refractivity contribution in [2.75, 3.05) is 38.3 Å². The minimum Gasteiger partial charge on any atom is -0.372 e. The Balaban J connectivity index is 1.57. The average molecular weight is 388 g/mol. The summed E-state index contributed by atoms with van der Waals surface area (Å²) in [5.74, 6) is -1.30. The van der Waals surface area contributed by atoms with Gasteiger partial charge < -0.3 is 9.80 Å². The van der Waals surface area contributed by atoms with Crippen molar-refractivity contribution in [3.8, 4) is 0 Å². The van der Waals surface area contributed by atoms with E-state index in [0.29, 0.717) is 6.54 Å². The molecule has 1 atom stereocenters. The molecule has 7 heteroatoms. The smallest absolute Gasteiger partial charge is 0.338 e. The third-order valence-electron chi connectivity index (χ3n) is 5.27. The number of amides is 4. The van der Waals surface area contributed by atoms with E-state index in [9.17, 15) is 14.4 Å². The Morgan fingerprint density at radius 2 is 1.54 bits per heavy atom. The maximum Gasteiger partial charge on any atom is 0.338 e. The van der Waals surface area contributed by atoms with E-state index in [4.69, 9.17) is 0 Å². The summed E-state index contributed by atoms with van der Waals surface area (Å²) in [6, 6.07) is 8.01. The van der Waals surface area contributed by atoms with Crippen molar-refractivity contribution in [1.29, 1.82) is 0 Å². The highest BCUT2D eigenvalue weighted by molar-refractivity contribution is 6.44. The third kappa shape index (κ3) is 4.52. The molecule has 2 saturated heterocycles. The molecule has 2 aliphatic rings. The lowest BCUT2D eigenvalue weighted by atomic mass is 10.1. The van der Waals surface area contributed by atoms with Gasteiger partial charge in [-0.05, 0) is 37.3 Å². The maximum absolute atomic E-state index is 12.5. The summed E-state index contributed by atoms with van der Waals surface area (Å²) in [6.07, 6.45) is 3.81. The van der Waals surface area contributed by atoms with Gasteiger partial charge in [-0.15, -0.1) is 0 Å². The molecule has 28 heavy (non-hydrogen) atoms. The molecule has 0 aliphatic carbocycles. The summed E-state index contributed by atoms with van der Waals surface area (Å²) in [6.45, 7) is 7.20. The fraction of sp³-hybridized carbons (Fsp3) is 0.571. The van der Waals surface area contributed by atoms with Crippen LogP contribution in [0.4, 0.5) is 10.5 Å². The zero-order valence-electron chi connectivity index (χ0n) is 17.1. The van der Waals surface area contributed by atoms with Crippen molar-refractivity contribution in [2.24, 2.45) is 5.92 Å². The van der Waals surface area contributed by atoms with Gasteiger partial charge in [0.2, 0.25) is 0 Å². The largest absolute Gasteiger partial charge is 0.372 e. The predicted molar refractivity (Wildman–Crippen MR) is 107 cm³/mol. The highest BCUT2D eigenvalue weighted by Crippen LogP contribution is 2.20. The lowest BCUT2D eigenvalue weighted by molar-refractivity contribution is -0.901. The van der Waals surface area contributed by atoms with Crippen LogP contribution in [0, 0.1) is 5.92 Å². The van der Waals surface area contributed by atoms with Crippen molar-refractivity contribution in [1.82, 2.24) is 9.80 Å². The number of urea groups is 1. The standard InChI is InChI=1S/C21H30N4O3/c1-16(2)13-24-19(26)20(27)25(21(24)28)15-22(3)14-17-7-9-18(10-8-17)23-11-5-4-6-12-23/h7-10,16H,4-6,11-15H2,1-3H3/p+1. The zero-order chi connectivity index (χ0) is 20.3. The van der Waals surface area contributed by atoms with Crippen LogP contribution in [-0.4, -0.2) is 61.0 Å². The van der Waals surface area contributed by atoms with Crippen LogP contribution in [0.25, 0.3) is 0 Å². The first kappa shape index (κ1) is 20.3. The van der Waals surface area contributed by atoms with Crippen molar-refractivity contribution < 1.29 is 19.3 Å². The second kappa shape index (κ2) is 8.73. The van der Waals surface area contributed by atoms with Gasteiger partial charge in [-0.1, -0.05) is 26.0 Å². The molecule has 1 aromatic rings. The van der Waals surface area contributed by atoms with E-state index in [1.54, 1.807) is 0 Å². The maximum atomic E-state index is 12.5. The molecule has 3 rings (SSSR count). The first-order chi connectivity index (χ1) is 13.4. The van der Waals surface area contributed by atoms with E-state index in [1.165, 1.54) is 24.9 Å². The van der Waals surface area contributed by atoms with Crippen LogP contribution in [0.1, 0.15) is 38.7 Å². The summed E-state index contributed by atoms with van der Waals surface area (Å²) in [5.41, 5.74) is 2.39. The van der Waals surface area contributed by atoms with Crippen LogP contribution in [0.15, 0.2) is 24.3 Å². The molecule has 2 heterocycles. The van der Waals surface area contributed by atoms with Crippen molar-refractivity contribution >= 4 is 23.5 Å². The molecule has 0 saturated carbocycles. The second-order valence-electron chi connectivity index (χ2n) is 8.33. The number of hydrogen-bond donors (Lipinski definition) is 1. The lowest BCUT2D eigenvalue weighted by Crippen LogP contribution is -3.09. The number of anilines is 1. The summed E-state index contributed by atoms with van der Waals surface area (Å²) in [5, 5.41) is 0. The minimum atomic E-state index is -0.717. The average Bonchev–Trinajstić information content (AvgIpc) is 2.87. The molecule has 1 aromatic carbocycles. The van der Waals surface area contributed by atoms with Crippen molar-refractivity contribution in [3.05, 3.63) is 29.8 Å². The molecule has 1 unspecified atom stereocenters. The van der Waals surface area contributed by atoms with E-state index < -0.39 is 17.8 Å². The van der Waals surface area contributed by atoms with Crippen molar-refractivity contribution in [2.45, 2.75) is 39.7 Å². The Kier molecular flexibility index (Phi) is 6.34. The zero-order valence-corrected chi connectivity index (χ0v) is 17.1. The Morgan fingerprint density at radius 1 is 0.929 bits per heavy atom. The van der Waals surface area contributed by atoms with Crippen LogP contribution in [-0.2, 0) is 16.1 Å². The number of carbonyl (C=O) groups excluding carboxylic acids is 3. The Labute approximate surface area is 166 Å². The van der Waals surface area contributed by atoms with Gasteiger partial charge in [-0.3, -0.25) is 14.5 Å². The first-order valence-electron chi connectivity index (χ1n) is 10.2. The second-order valence-corrected chi connectivity index (χ2v) is 8.33. The molecular weight excluding hydrogens is 356 g/mol. The molecule has 0 radical (unpaired) electrons. The molecule has 1 N–H and O–H groups in total. The normalized spacial score (nSPS) is 19.1. The molecule has 2 fully saturated rings. The highest BCUT2D eigenvalue weighted by Gasteiger charge is 2.45. The van der Waals surface area contributed by atoms with Gasteiger partial charge in [0.25, 0.3) is 0 Å². The van der Waals surface area contributed by atoms with Crippen molar-refractivity contribution in [3.63, 3.8) is 0 Å². The lowest BCUT2D eigenvalue weighted by Gasteiger charge is -2.29. The summed E-state index contributed by atoms with van der Waals surface area (Å²) >= 11 is 0. The molecular formula is C21H31N4O3+. The number of imide groups is 2. The molecule has 152 valence electrons. The van der Waals surface area contributed by atoms with Crippen LogP contribution in [0.2, 0.25) is 0 Å². The van der Waals surface area contributed by atoms with Gasteiger partial charge in [0.05, 0.1) is 7.05 Å². The molecule has 2 aliphatic heterocycles. The fourth-order valence-corrected chi connectivity index (χ4v) is 3.87. The topological polar surface area (TPSA) is 65.4 Å². The van der Waals surface area contributed by atoms with Gasteiger partial charge in [-0.2, -0.15) is 0 Å². The summed E-state index contributed by atoms with van der Waals surface area (Å²) < 4.78 is 0. The van der Waals surface area contributed by atoms with Gasteiger partial charge >= 0.3 is 17.8 Å². The Hall–Kier alpha value is -2.41. The van der Waals surface area contributed by atoms with Gasteiger partial charge in [0.1, 0.15) is 6.54 Å². The number of nitrogens with zero attached hydrogens (tertiary/aromatic N) is 3.